The third-order valence-electron chi connectivity index (χ3n) is 4.80. The summed E-state index contributed by atoms with van der Waals surface area (Å²) in [5.41, 5.74) is 4.66. The van der Waals surface area contributed by atoms with Gasteiger partial charge in [-0.25, -0.2) is 13.6 Å². The fourth-order valence-electron chi connectivity index (χ4n) is 3.81. The van der Waals surface area contributed by atoms with Crippen molar-refractivity contribution in [1.29, 1.82) is 0 Å². The maximum absolute atomic E-state index is 13.6. The van der Waals surface area contributed by atoms with Crippen LogP contribution in [0.2, 0.25) is 0 Å². The average molecular weight is 404 g/mol. The van der Waals surface area contributed by atoms with E-state index in [1.807, 2.05) is 0 Å². The Hall–Kier alpha value is -1.97. The van der Waals surface area contributed by atoms with Crippen LogP contribution in [-0.4, -0.2) is 77.0 Å². The van der Waals surface area contributed by atoms with Crippen molar-refractivity contribution in [3.05, 3.63) is 0 Å². The van der Waals surface area contributed by atoms with Crippen LogP contribution in [0.3, 0.4) is 0 Å². The molecule has 2 saturated heterocycles. The second-order valence-electron chi connectivity index (χ2n) is 8.69. The number of carbonyl (C=O) groups is 3. The van der Waals surface area contributed by atoms with Gasteiger partial charge in [0.2, 0.25) is 11.8 Å². The molecule has 0 bridgehead atoms. The molecule has 0 aromatic rings. The number of hydrogen-bond acceptors (Lipinski definition) is 5. The number of primary amides is 1. The third-order valence-corrected chi connectivity index (χ3v) is 4.80. The Morgan fingerprint density at radius 2 is 1.86 bits per heavy atom. The monoisotopic (exact) mass is 404 g/mol. The number of hydrogen-bond donors (Lipinski definition) is 2. The highest BCUT2D eigenvalue weighted by Gasteiger charge is 2.45. The highest BCUT2D eigenvalue weighted by Crippen LogP contribution is 2.29. The minimum atomic E-state index is -2.94. The van der Waals surface area contributed by atoms with Gasteiger partial charge in [0.15, 0.2) is 0 Å². The summed E-state index contributed by atoms with van der Waals surface area (Å²) >= 11 is 0. The van der Waals surface area contributed by atoms with Gasteiger partial charge in [-0.1, -0.05) is 0 Å². The molecule has 3 atom stereocenters. The molecule has 0 aliphatic carbocycles. The minimum absolute atomic E-state index is 0.101. The average Bonchev–Trinajstić information content (AvgIpc) is 2.90. The fraction of sp³-hybridized carbons (Fsp3) is 0.833. The molecule has 0 spiro atoms. The van der Waals surface area contributed by atoms with E-state index < -0.39 is 48.1 Å². The lowest BCUT2D eigenvalue weighted by Gasteiger charge is -2.39. The van der Waals surface area contributed by atoms with E-state index in [1.54, 1.807) is 20.8 Å². The standard InChI is InChI=1S/C18H30F2N4O4/c1-17(2,3)28-16(27)22-12-9-23(10-18(4,19)20)8-7-11-5-6-13(14(21)25)24(11)15(12)26/h11-13H,5-10H2,1-4H3,(H2,21,25)(H,22,27). The first-order valence-corrected chi connectivity index (χ1v) is 9.48. The van der Waals surface area contributed by atoms with Crippen LogP contribution in [0.1, 0.15) is 47.0 Å². The highest BCUT2D eigenvalue weighted by molar-refractivity contribution is 5.91. The highest BCUT2D eigenvalue weighted by atomic mass is 19.3. The first-order valence-electron chi connectivity index (χ1n) is 9.48. The molecule has 0 saturated carbocycles. The van der Waals surface area contributed by atoms with E-state index in [0.717, 1.165) is 6.92 Å². The molecular weight excluding hydrogens is 374 g/mol. The second-order valence-corrected chi connectivity index (χ2v) is 8.69. The molecule has 10 heteroatoms. The largest absolute Gasteiger partial charge is 0.444 e. The Morgan fingerprint density at radius 1 is 1.21 bits per heavy atom. The maximum Gasteiger partial charge on any atom is 0.408 e. The van der Waals surface area contributed by atoms with Crippen LogP contribution < -0.4 is 11.1 Å². The molecule has 3 amide bonds. The molecule has 3 N–H and O–H groups in total. The van der Waals surface area contributed by atoms with Gasteiger partial charge in [-0.3, -0.25) is 14.5 Å². The Labute approximate surface area is 163 Å². The summed E-state index contributed by atoms with van der Waals surface area (Å²) in [4.78, 5) is 40.0. The van der Waals surface area contributed by atoms with Gasteiger partial charge in [0.05, 0.1) is 6.54 Å². The van der Waals surface area contributed by atoms with E-state index in [-0.39, 0.29) is 12.6 Å². The number of alkyl halides is 2. The summed E-state index contributed by atoms with van der Waals surface area (Å²) in [5.74, 6) is -4.05. The lowest BCUT2D eigenvalue weighted by atomic mass is 10.1. The van der Waals surface area contributed by atoms with Crippen molar-refractivity contribution in [1.82, 2.24) is 15.1 Å². The zero-order valence-corrected chi connectivity index (χ0v) is 16.8. The summed E-state index contributed by atoms with van der Waals surface area (Å²) < 4.78 is 32.4. The van der Waals surface area contributed by atoms with Gasteiger partial charge < -0.3 is 20.7 Å². The van der Waals surface area contributed by atoms with E-state index >= 15 is 0 Å². The van der Waals surface area contributed by atoms with Crippen molar-refractivity contribution in [2.45, 2.75) is 76.6 Å². The summed E-state index contributed by atoms with van der Waals surface area (Å²) in [6.45, 7) is 5.53. The van der Waals surface area contributed by atoms with Crippen molar-refractivity contribution in [2.75, 3.05) is 19.6 Å². The van der Waals surface area contributed by atoms with Gasteiger partial charge in [-0.2, -0.15) is 0 Å². The van der Waals surface area contributed by atoms with Crippen LogP contribution in [0.5, 0.6) is 0 Å². The van der Waals surface area contributed by atoms with E-state index in [2.05, 4.69) is 5.32 Å². The van der Waals surface area contributed by atoms with Crippen molar-refractivity contribution >= 4 is 17.9 Å². The lowest BCUT2D eigenvalue weighted by Crippen LogP contribution is -2.61. The number of alkyl carbamates (subject to hydrolysis) is 1. The fourth-order valence-corrected chi connectivity index (χ4v) is 3.81. The molecule has 160 valence electrons. The molecular formula is C18H30F2N4O4. The predicted molar refractivity (Wildman–Crippen MR) is 97.7 cm³/mol. The number of carbonyl (C=O) groups excluding carboxylic acids is 3. The van der Waals surface area contributed by atoms with Crippen molar-refractivity contribution in [3.8, 4) is 0 Å². The van der Waals surface area contributed by atoms with Crippen LogP contribution in [0.15, 0.2) is 0 Å². The first kappa shape index (κ1) is 22.3. The normalized spacial score (nSPS) is 27.0. The number of nitrogens with zero attached hydrogens (tertiary/aromatic N) is 2. The number of nitrogens with one attached hydrogen (secondary N) is 1. The molecule has 0 radical (unpaired) electrons. The molecule has 0 aromatic heterocycles. The summed E-state index contributed by atoms with van der Waals surface area (Å²) in [7, 11) is 0. The molecule has 3 unspecified atom stereocenters. The van der Waals surface area contributed by atoms with Crippen LogP contribution in [-0.2, 0) is 14.3 Å². The molecule has 2 fully saturated rings. The van der Waals surface area contributed by atoms with Gasteiger partial charge in [0.1, 0.15) is 17.7 Å². The topological polar surface area (TPSA) is 105 Å². The Balaban J connectivity index is 2.25. The number of nitrogens with two attached hydrogens (primary N) is 1. The van der Waals surface area contributed by atoms with Crippen molar-refractivity contribution in [2.24, 2.45) is 5.73 Å². The SMILES string of the molecule is CC(F)(F)CN1CCC2CCC(C(N)=O)N2C(=O)C(NC(=O)OC(C)(C)C)C1. The third kappa shape index (κ3) is 6.02. The Kier molecular flexibility index (Phi) is 6.52. The second kappa shape index (κ2) is 8.18. The number of rotatable bonds is 4. The van der Waals surface area contributed by atoms with Gasteiger partial charge in [0.25, 0.3) is 5.92 Å². The zero-order chi connectivity index (χ0) is 21.3. The summed E-state index contributed by atoms with van der Waals surface area (Å²) in [6, 6.07) is -2.14. The van der Waals surface area contributed by atoms with E-state index in [1.165, 1.54) is 9.80 Å². The van der Waals surface area contributed by atoms with E-state index in [4.69, 9.17) is 10.5 Å². The smallest absolute Gasteiger partial charge is 0.408 e. The summed E-state index contributed by atoms with van der Waals surface area (Å²) in [6.07, 6.45) is 0.634. The van der Waals surface area contributed by atoms with Crippen LogP contribution in [0, 0.1) is 0 Å². The molecule has 0 aromatic carbocycles. The molecule has 2 aliphatic rings. The Morgan fingerprint density at radius 3 is 2.39 bits per heavy atom. The van der Waals surface area contributed by atoms with Crippen LogP contribution in [0.4, 0.5) is 13.6 Å². The van der Waals surface area contributed by atoms with Gasteiger partial charge in [0, 0.05) is 26.1 Å². The van der Waals surface area contributed by atoms with Gasteiger partial charge >= 0.3 is 6.09 Å². The first-order chi connectivity index (χ1) is 12.8. The molecule has 2 rings (SSSR count). The van der Waals surface area contributed by atoms with Crippen LogP contribution >= 0.6 is 0 Å². The minimum Gasteiger partial charge on any atom is -0.444 e. The molecule has 28 heavy (non-hydrogen) atoms. The zero-order valence-electron chi connectivity index (χ0n) is 16.8. The Bertz CT molecular complexity index is 618. The number of fused-ring (bicyclic) bond motifs is 1. The summed E-state index contributed by atoms with van der Waals surface area (Å²) in [5, 5.41) is 2.49. The quantitative estimate of drug-likeness (QED) is 0.730. The van der Waals surface area contributed by atoms with Gasteiger partial charge in [-0.05, 0) is 40.0 Å². The number of ether oxygens (including phenoxy) is 1. The van der Waals surface area contributed by atoms with Crippen molar-refractivity contribution < 1.29 is 27.9 Å². The lowest BCUT2D eigenvalue weighted by molar-refractivity contribution is -0.143. The maximum atomic E-state index is 13.6. The predicted octanol–water partition coefficient (Wildman–Crippen LogP) is 1.09. The number of halogens is 2. The van der Waals surface area contributed by atoms with E-state index in [0.29, 0.717) is 25.8 Å². The van der Waals surface area contributed by atoms with Gasteiger partial charge in [-0.15, -0.1) is 0 Å². The molecule has 2 aliphatic heterocycles. The van der Waals surface area contributed by atoms with Crippen LogP contribution in [0.25, 0.3) is 0 Å². The molecule has 8 nitrogen and oxygen atoms in total. The van der Waals surface area contributed by atoms with E-state index in [9.17, 15) is 23.2 Å². The number of amides is 3. The van der Waals surface area contributed by atoms with Crippen molar-refractivity contribution in [3.63, 3.8) is 0 Å². The molecule has 2 heterocycles.